The van der Waals surface area contributed by atoms with E-state index < -0.39 is 24.7 Å². The highest BCUT2D eigenvalue weighted by molar-refractivity contribution is 5.81. The van der Waals surface area contributed by atoms with Gasteiger partial charge < -0.3 is 19.9 Å². The van der Waals surface area contributed by atoms with Gasteiger partial charge in [-0.1, -0.05) is 43.0 Å². The number of alkyl carbamates (subject to hydrolysis) is 1. The van der Waals surface area contributed by atoms with E-state index >= 15 is 0 Å². The molecule has 1 amide bonds. The zero-order chi connectivity index (χ0) is 14.8. The molecule has 0 aliphatic rings. The van der Waals surface area contributed by atoms with E-state index in [0.717, 1.165) is 5.56 Å². The monoisotopic (exact) mass is 279 g/mol. The maximum absolute atomic E-state index is 11.7. The molecule has 0 aliphatic carbocycles. The van der Waals surface area contributed by atoms with Gasteiger partial charge in [0.25, 0.3) is 0 Å². The van der Waals surface area contributed by atoms with Crippen molar-refractivity contribution in [1.82, 2.24) is 5.32 Å². The lowest BCUT2D eigenvalue weighted by atomic mass is 10.2. The second-order valence-electron chi connectivity index (χ2n) is 3.86. The molecule has 1 atom stereocenters. The first-order valence-corrected chi connectivity index (χ1v) is 6.03. The van der Waals surface area contributed by atoms with Crippen LogP contribution in [0.2, 0.25) is 0 Å². The molecule has 1 aromatic rings. The summed E-state index contributed by atoms with van der Waals surface area (Å²) in [6.07, 6.45) is 0.571. The number of benzene rings is 1. The minimum Gasteiger partial charge on any atom is -0.459 e. The van der Waals surface area contributed by atoms with Gasteiger partial charge in [-0.25, -0.2) is 9.59 Å². The molecule has 0 fully saturated rings. The van der Waals surface area contributed by atoms with Crippen LogP contribution in [0.25, 0.3) is 0 Å². The number of aliphatic hydroxyl groups excluding tert-OH is 1. The topological polar surface area (TPSA) is 84.9 Å². The predicted molar refractivity (Wildman–Crippen MR) is 71.8 cm³/mol. The summed E-state index contributed by atoms with van der Waals surface area (Å²) < 4.78 is 9.65. The standard InChI is InChI=1S/C14H17NO5/c1-2-8-19-14(18)15-12(9-16)13(17)20-10-11-6-4-3-5-7-11/h2-7,12,16H,1,8-10H2,(H,15,18)/t12-/m0/s1. The van der Waals surface area contributed by atoms with Gasteiger partial charge in [0, 0.05) is 0 Å². The average molecular weight is 279 g/mol. The maximum atomic E-state index is 11.7. The molecule has 0 bridgehead atoms. The van der Waals surface area contributed by atoms with Crippen molar-refractivity contribution < 1.29 is 24.2 Å². The smallest absolute Gasteiger partial charge is 0.408 e. The summed E-state index contributed by atoms with van der Waals surface area (Å²) in [4.78, 5) is 22.9. The number of carbonyl (C=O) groups is 2. The molecule has 6 heteroatoms. The van der Waals surface area contributed by atoms with Crippen LogP contribution in [0, 0.1) is 0 Å². The molecule has 0 aliphatic heterocycles. The lowest BCUT2D eigenvalue weighted by Crippen LogP contribution is -2.44. The number of aliphatic hydroxyl groups is 1. The minimum atomic E-state index is -1.16. The van der Waals surface area contributed by atoms with Gasteiger partial charge in [0.15, 0.2) is 6.04 Å². The molecular weight excluding hydrogens is 262 g/mol. The Hall–Kier alpha value is -2.34. The van der Waals surface area contributed by atoms with Crippen LogP contribution in [0.15, 0.2) is 43.0 Å². The van der Waals surface area contributed by atoms with Gasteiger partial charge in [0.1, 0.15) is 13.2 Å². The number of ether oxygens (including phenoxy) is 2. The zero-order valence-corrected chi connectivity index (χ0v) is 11.0. The molecule has 20 heavy (non-hydrogen) atoms. The molecule has 108 valence electrons. The van der Waals surface area contributed by atoms with Crippen LogP contribution in [0.1, 0.15) is 5.56 Å². The van der Waals surface area contributed by atoms with Gasteiger partial charge in [-0.05, 0) is 5.56 Å². The summed E-state index contributed by atoms with van der Waals surface area (Å²) in [7, 11) is 0. The largest absolute Gasteiger partial charge is 0.459 e. The number of rotatable bonds is 7. The van der Waals surface area contributed by atoms with Gasteiger partial charge in [0.2, 0.25) is 0 Å². The van der Waals surface area contributed by atoms with E-state index in [4.69, 9.17) is 9.84 Å². The number of hydrogen-bond donors (Lipinski definition) is 2. The first-order chi connectivity index (χ1) is 9.67. The Balaban J connectivity index is 2.42. The van der Waals surface area contributed by atoms with Crippen LogP contribution in [-0.2, 0) is 20.9 Å². The Morgan fingerprint density at radius 3 is 2.60 bits per heavy atom. The molecule has 0 saturated carbocycles. The van der Waals surface area contributed by atoms with E-state index in [1.54, 1.807) is 12.1 Å². The quantitative estimate of drug-likeness (QED) is 0.574. The van der Waals surface area contributed by atoms with Crippen LogP contribution in [0.3, 0.4) is 0 Å². The lowest BCUT2D eigenvalue weighted by molar-refractivity contribution is -0.148. The highest BCUT2D eigenvalue weighted by atomic mass is 16.6. The Morgan fingerprint density at radius 2 is 2.00 bits per heavy atom. The van der Waals surface area contributed by atoms with Crippen molar-refractivity contribution in [1.29, 1.82) is 0 Å². The van der Waals surface area contributed by atoms with Crippen molar-refractivity contribution in [3.05, 3.63) is 48.6 Å². The summed E-state index contributed by atoms with van der Waals surface area (Å²) >= 11 is 0. The molecule has 0 spiro atoms. The van der Waals surface area contributed by atoms with Crippen LogP contribution in [0.4, 0.5) is 4.79 Å². The van der Waals surface area contributed by atoms with Crippen LogP contribution in [0.5, 0.6) is 0 Å². The van der Waals surface area contributed by atoms with Crippen LogP contribution in [-0.4, -0.2) is 36.4 Å². The van der Waals surface area contributed by atoms with Gasteiger partial charge in [-0.2, -0.15) is 0 Å². The molecule has 0 unspecified atom stereocenters. The SMILES string of the molecule is C=CCOC(=O)N[C@@H](CO)C(=O)OCc1ccccc1. The average Bonchev–Trinajstić information content (AvgIpc) is 2.49. The van der Waals surface area contributed by atoms with Crippen LogP contribution >= 0.6 is 0 Å². The summed E-state index contributed by atoms with van der Waals surface area (Å²) in [5.74, 6) is -0.730. The number of amides is 1. The molecule has 1 rings (SSSR count). The van der Waals surface area contributed by atoms with Crippen molar-refractivity contribution >= 4 is 12.1 Å². The summed E-state index contributed by atoms with van der Waals surface area (Å²) in [6.45, 7) is 2.90. The third-order valence-electron chi connectivity index (χ3n) is 2.32. The van der Waals surface area contributed by atoms with Gasteiger partial charge in [-0.15, -0.1) is 0 Å². The maximum Gasteiger partial charge on any atom is 0.408 e. The Morgan fingerprint density at radius 1 is 1.30 bits per heavy atom. The molecule has 1 aromatic carbocycles. The number of carbonyl (C=O) groups excluding carboxylic acids is 2. The summed E-state index contributed by atoms with van der Waals surface area (Å²) in [5, 5.41) is 11.3. The van der Waals surface area contributed by atoms with Crippen molar-refractivity contribution in [3.8, 4) is 0 Å². The highest BCUT2D eigenvalue weighted by Gasteiger charge is 2.22. The fraction of sp³-hybridized carbons (Fsp3) is 0.286. The van der Waals surface area contributed by atoms with E-state index in [1.807, 2.05) is 18.2 Å². The second kappa shape index (κ2) is 8.71. The lowest BCUT2D eigenvalue weighted by Gasteiger charge is -2.15. The van der Waals surface area contributed by atoms with Crippen molar-refractivity contribution in [2.24, 2.45) is 0 Å². The van der Waals surface area contributed by atoms with Crippen molar-refractivity contribution in [2.75, 3.05) is 13.2 Å². The highest BCUT2D eigenvalue weighted by Crippen LogP contribution is 2.02. The molecule has 0 radical (unpaired) electrons. The molecule has 0 aromatic heterocycles. The second-order valence-corrected chi connectivity index (χ2v) is 3.86. The Bertz CT molecular complexity index is 446. The fourth-order valence-electron chi connectivity index (χ4n) is 1.33. The van der Waals surface area contributed by atoms with Crippen molar-refractivity contribution in [2.45, 2.75) is 12.6 Å². The Kier molecular flexibility index (Phi) is 6.84. The summed E-state index contributed by atoms with van der Waals surface area (Å²) in [5.41, 5.74) is 0.812. The Labute approximate surface area is 117 Å². The van der Waals surface area contributed by atoms with E-state index in [9.17, 15) is 9.59 Å². The third kappa shape index (κ3) is 5.53. The first-order valence-electron chi connectivity index (χ1n) is 6.03. The third-order valence-corrected chi connectivity index (χ3v) is 2.32. The van der Waals surface area contributed by atoms with Crippen molar-refractivity contribution in [3.63, 3.8) is 0 Å². The number of nitrogens with one attached hydrogen (secondary N) is 1. The van der Waals surface area contributed by atoms with E-state index in [0.29, 0.717) is 0 Å². The van der Waals surface area contributed by atoms with Gasteiger partial charge >= 0.3 is 12.1 Å². The van der Waals surface area contributed by atoms with E-state index in [1.165, 1.54) is 6.08 Å². The first kappa shape index (κ1) is 15.7. The van der Waals surface area contributed by atoms with Gasteiger partial charge in [-0.3, -0.25) is 0 Å². The molecular formula is C14H17NO5. The normalized spacial score (nSPS) is 11.2. The zero-order valence-electron chi connectivity index (χ0n) is 11.0. The minimum absolute atomic E-state index is 0.0169. The molecule has 2 N–H and O–H groups in total. The molecule has 0 heterocycles. The van der Waals surface area contributed by atoms with Crippen LogP contribution < -0.4 is 5.32 Å². The van der Waals surface area contributed by atoms with Gasteiger partial charge in [0.05, 0.1) is 6.61 Å². The van der Waals surface area contributed by atoms with E-state index in [-0.39, 0.29) is 13.2 Å². The number of esters is 1. The fourth-order valence-corrected chi connectivity index (χ4v) is 1.33. The molecule has 6 nitrogen and oxygen atoms in total. The predicted octanol–water partition coefficient (Wildman–Crippen LogP) is 1.00. The summed E-state index contributed by atoms with van der Waals surface area (Å²) in [6, 6.07) is 7.92. The van der Waals surface area contributed by atoms with E-state index in [2.05, 4.69) is 16.6 Å². The number of hydrogen-bond acceptors (Lipinski definition) is 5. The molecule has 0 saturated heterocycles.